The molecule has 1 aliphatic heterocycles. The summed E-state index contributed by atoms with van der Waals surface area (Å²) in [5, 5.41) is 2.87. The second-order valence-corrected chi connectivity index (χ2v) is 6.49. The van der Waals surface area contributed by atoms with Crippen molar-refractivity contribution < 1.29 is 13.9 Å². The average Bonchev–Trinajstić information content (AvgIpc) is 3.04. The van der Waals surface area contributed by atoms with E-state index in [4.69, 9.17) is 4.74 Å². The number of imidazole rings is 1. The Bertz CT molecular complexity index is 933. The van der Waals surface area contributed by atoms with Crippen LogP contribution in [0.2, 0.25) is 0 Å². The second-order valence-electron chi connectivity index (χ2n) is 6.49. The van der Waals surface area contributed by atoms with Crippen LogP contribution in [0, 0.1) is 5.82 Å². The summed E-state index contributed by atoms with van der Waals surface area (Å²) in [6, 6.07) is 13.3. The SMILES string of the molecule is O=C(Nc1nc2ccccc2n1CCN1CCOCC1)c1ccc(F)cc1. The normalized spacial score (nSPS) is 15.1. The highest BCUT2D eigenvalue weighted by atomic mass is 19.1. The highest BCUT2D eigenvalue weighted by Crippen LogP contribution is 2.20. The van der Waals surface area contributed by atoms with Crippen molar-refractivity contribution in [3.05, 3.63) is 59.9 Å². The number of carbonyl (C=O) groups excluding carboxylic acids is 1. The van der Waals surface area contributed by atoms with Crippen molar-refractivity contribution in [1.29, 1.82) is 0 Å². The van der Waals surface area contributed by atoms with Crippen LogP contribution in [-0.4, -0.2) is 53.2 Å². The minimum atomic E-state index is -0.371. The number of ether oxygens (including phenoxy) is 1. The molecule has 0 atom stereocenters. The molecule has 0 aliphatic carbocycles. The predicted molar refractivity (Wildman–Crippen MR) is 101 cm³/mol. The molecule has 6 nitrogen and oxygen atoms in total. The molecule has 1 aromatic heterocycles. The molecule has 4 rings (SSSR count). The van der Waals surface area contributed by atoms with E-state index in [1.807, 2.05) is 28.8 Å². The van der Waals surface area contributed by atoms with E-state index in [2.05, 4.69) is 15.2 Å². The van der Waals surface area contributed by atoms with Crippen molar-refractivity contribution in [2.45, 2.75) is 6.54 Å². The second kappa shape index (κ2) is 7.85. The number of hydrogen-bond acceptors (Lipinski definition) is 4. The molecule has 27 heavy (non-hydrogen) atoms. The number of carbonyl (C=O) groups is 1. The summed E-state index contributed by atoms with van der Waals surface area (Å²) in [5.41, 5.74) is 2.19. The van der Waals surface area contributed by atoms with Crippen molar-refractivity contribution in [1.82, 2.24) is 14.5 Å². The van der Waals surface area contributed by atoms with Gasteiger partial charge in [0.15, 0.2) is 0 Å². The van der Waals surface area contributed by atoms with E-state index >= 15 is 0 Å². The maximum Gasteiger partial charge on any atom is 0.257 e. The molecule has 1 amide bonds. The first-order valence-corrected chi connectivity index (χ1v) is 9.03. The van der Waals surface area contributed by atoms with E-state index in [1.54, 1.807) is 0 Å². The number of benzene rings is 2. The fourth-order valence-corrected chi connectivity index (χ4v) is 3.24. The van der Waals surface area contributed by atoms with Gasteiger partial charge in [-0.3, -0.25) is 15.0 Å². The minimum absolute atomic E-state index is 0.307. The van der Waals surface area contributed by atoms with Crippen LogP contribution in [0.15, 0.2) is 48.5 Å². The Morgan fingerprint density at radius 1 is 1.07 bits per heavy atom. The number of nitrogens with one attached hydrogen (secondary N) is 1. The first-order valence-electron chi connectivity index (χ1n) is 9.03. The highest BCUT2D eigenvalue weighted by Gasteiger charge is 2.16. The van der Waals surface area contributed by atoms with Crippen LogP contribution in [0.1, 0.15) is 10.4 Å². The van der Waals surface area contributed by atoms with Gasteiger partial charge in [-0.1, -0.05) is 12.1 Å². The van der Waals surface area contributed by atoms with Crippen LogP contribution in [0.25, 0.3) is 11.0 Å². The van der Waals surface area contributed by atoms with Crippen molar-refractivity contribution in [2.75, 3.05) is 38.2 Å². The van der Waals surface area contributed by atoms with Gasteiger partial charge in [-0.15, -0.1) is 0 Å². The first kappa shape index (κ1) is 17.6. The molecule has 1 N–H and O–H groups in total. The monoisotopic (exact) mass is 368 g/mol. The largest absolute Gasteiger partial charge is 0.379 e. The number of hydrogen-bond donors (Lipinski definition) is 1. The molecule has 2 aromatic carbocycles. The fraction of sp³-hybridized carbons (Fsp3) is 0.300. The lowest BCUT2D eigenvalue weighted by Gasteiger charge is -2.26. The number of morpholine rings is 1. The van der Waals surface area contributed by atoms with E-state index in [0.717, 1.165) is 43.9 Å². The van der Waals surface area contributed by atoms with E-state index in [9.17, 15) is 9.18 Å². The first-order chi connectivity index (χ1) is 13.2. The third-order valence-corrected chi connectivity index (χ3v) is 4.73. The molecule has 7 heteroatoms. The van der Waals surface area contributed by atoms with Gasteiger partial charge in [0.05, 0.1) is 24.2 Å². The Balaban J connectivity index is 1.57. The summed E-state index contributed by atoms with van der Waals surface area (Å²) < 4.78 is 20.5. The summed E-state index contributed by atoms with van der Waals surface area (Å²) in [4.78, 5) is 19.5. The molecule has 0 spiro atoms. The molecule has 140 valence electrons. The van der Waals surface area contributed by atoms with Gasteiger partial charge in [0, 0.05) is 31.7 Å². The Morgan fingerprint density at radius 3 is 2.59 bits per heavy atom. The summed E-state index contributed by atoms with van der Waals surface area (Å²) in [5.74, 6) is -0.180. The van der Waals surface area contributed by atoms with Crippen LogP contribution >= 0.6 is 0 Å². The van der Waals surface area contributed by atoms with Crippen LogP contribution in [0.4, 0.5) is 10.3 Å². The van der Waals surface area contributed by atoms with Gasteiger partial charge in [0.25, 0.3) is 5.91 Å². The summed E-state index contributed by atoms with van der Waals surface area (Å²) in [6.45, 7) is 4.87. The van der Waals surface area contributed by atoms with Gasteiger partial charge < -0.3 is 9.30 Å². The lowest BCUT2D eigenvalue weighted by molar-refractivity contribution is 0.0366. The van der Waals surface area contributed by atoms with E-state index in [1.165, 1.54) is 24.3 Å². The van der Waals surface area contributed by atoms with Crippen LogP contribution in [0.3, 0.4) is 0 Å². The lowest BCUT2D eigenvalue weighted by Crippen LogP contribution is -2.38. The fourth-order valence-electron chi connectivity index (χ4n) is 3.24. The number of aromatic nitrogens is 2. The number of nitrogens with zero attached hydrogens (tertiary/aromatic N) is 3. The molecular weight excluding hydrogens is 347 g/mol. The Morgan fingerprint density at radius 2 is 1.81 bits per heavy atom. The molecular formula is C20H21FN4O2. The molecule has 1 fully saturated rings. The average molecular weight is 368 g/mol. The van der Waals surface area contributed by atoms with Gasteiger partial charge in [-0.25, -0.2) is 9.37 Å². The van der Waals surface area contributed by atoms with E-state index in [0.29, 0.717) is 18.1 Å². The van der Waals surface area contributed by atoms with Gasteiger partial charge in [-0.05, 0) is 36.4 Å². The predicted octanol–water partition coefficient (Wildman–Crippen LogP) is 2.76. The van der Waals surface area contributed by atoms with Crippen LogP contribution in [0.5, 0.6) is 0 Å². The molecule has 3 aromatic rings. The van der Waals surface area contributed by atoms with Crippen LogP contribution < -0.4 is 5.32 Å². The zero-order valence-corrected chi connectivity index (χ0v) is 14.9. The highest BCUT2D eigenvalue weighted by molar-refractivity contribution is 6.04. The lowest BCUT2D eigenvalue weighted by atomic mass is 10.2. The molecule has 0 unspecified atom stereocenters. The maximum absolute atomic E-state index is 13.1. The van der Waals surface area contributed by atoms with Crippen LogP contribution in [-0.2, 0) is 11.3 Å². The molecule has 0 radical (unpaired) electrons. The topological polar surface area (TPSA) is 59.4 Å². The third-order valence-electron chi connectivity index (χ3n) is 4.73. The Labute approximate surface area is 156 Å². The summed E-state index contributed by atoms with van der Waals surface area (Å²) in [6.07, 6.45) is 0. The quantitative estimate of drug-likeness (QED) is 0.752. The zero-order valence-electron chi connectivity index (χ0n) is 14.9. The number of amides is 1. The number of rotatable bonds is 5. The van der Waals surface area contributed by atoms with E-state index in [-0.39, 0.29) is 11.7 Å². The van der Waals surface area contributed by atoms with Crippen molar-refractivity contribution >= 4 is 22.9 Å². The number of para-hydroxylation sites is 2. The molecule has 0 bridgehead atoms. The zero-order chi connectivity index (χ0) is 18.6. The van der Waals surface area contributed by atoms with Crippen molar-refractivity contribution in [2.24, 2.45) is 0 Å². The molecule has 2 heterocycles. The number of halogens is 1. The molecule has 1 aliphatic rings. The minimum Gasteiger partial charge on any atom is -0.379 e. The Kier molecular flexibility index (Phi) is 5.13. The smallest absolute Gasteiger partial charge is 0.257 e. The maximum atomic E-state index is 13.1. The number of anilines is 1. The van der Waals surface area contributed by atoms with Crippen molar-refractivity contribution in [3.63, 3.8) is 0 Å². The van der Waals surface area contributed by atoms with Crippen molar-refractivity contribution in [3.8, 4) is 0 Å². The Hall–Kier alpha value is -2.77. The third kappa shape index (κ3) is 3.99. The molecule has 0 saturated carbocycles. The standard InChI is InChI=1S/C20H21FN4O2/c21-16-7-5-15(6-8-16)19(26)23-20-22-17-3-1-2-4-18(17)25(20)10-9-24-11-13-27-14-12-24/h1-8H,9-14H2,(H,22,23,26). The molecule has 1 saturated heterocycles. The van der Waals surface area contributed by atoms with Gasteiger partial charge in [0.1, 0.15) is 5.82 Å². The van der Waals surface area contributed by atoms with E-state index < -0.39 is 0 Å². The summed E-state index contributed by atoms with van der Waals surface area (Å²) >= 11 is 0. The van der Waals surface area contributed by atoms with Gasteiger partial charge in [-0.2, -0.15) is 0 Å². The van der Waals surface area contributed by atoms with Gasteiger partial charge >= 0.3 is 0 Å². The van der Waals surface area contributed by atoms with Gasteiger partial charge in [0.2, 0.25) is 5.95 Å². The number of fused-ring (bicyclic) bond motifs is 1. The summed E-state index contributed by atoms with van der Waals surface area (Å²) in [7, 11) is 0.